The Balaban J connectivity index is 2.02. The number of nitrogens with zero attached hydrogens (tertiary/aromatic N) is 1. The summed E-state index contributed by atoms with van der Waals surface area (Å²) in [5, 5.41) is 9.38. The van der Waals surface area contributed by atoms with Gasteiger partial charge in [0.1, 0.15) is 5.82 Å². The summed E-state index contributed by atoms with van der Waals surface area (Å²) in [6.07, 6.45) is 2.15. The summed E-state index contributed by atoms with van der Waals surface area (Å²) < 4.78 is 13.3. The first-order valence-electron chi connectivity index (χ1n) is 5.97. The normalized spacial score (nSPS) is 21.7. The molecule has 1 fully saturated rings. The van der Waals surface area contributed by atoms with Gasteiger partial charge in [-0.15, -0.1) is 0 Å². The maximum Gasteiger partial charge on any atom is 0.142 e. The highest BCUT2D eigenvalue weighted by Crippen LogP contribution is 2.23. The number of hydrogen-bond acceptors (Lipinski definition) is 2. The summed E-state index contributed by atoms with van der Waals surface area (Å²) in [5.74, 6) is -0.0176. The van der Waals surface area contributed by atoms with Crippen LogP contribution < -0.4 is 0 Å². The van der Waals surface area contributed by atoms with Gasteiger partial charge in [0.2, 0.25) is 0 Å². The first-order chi connectivity index (χ1) is 8.20. The lowest BCUT2D eigenvalue weighted by atomic mass is 9.98. The van der Waals surface area contributed by atoms with Crippen LogP contribution in [0.15, 0.2) is 18.2 Å². The molecule has 0 bridgehead atoms. The van der Waals surface area contributed by atoms with Crippen LogP contribution in [0.2, 0.25) is 5.02 Å². The Kier molecular flexibility index (Phi) is 4.37. The lowest BCUT2D eigenvalue weighted by Gasteiger charge is -2.31. The largest absolute Gasteiger partial charge is 0.396 e. The van der Waals surface area contributed by atoms with Gasteiger partial charge in [-0.2, -0.15) is 0 Å². The van der Waals surface area contributed by atoms with Crippen molar-refractivity contribution < 1.29 is 9.50 Å². The van der Waals surface area contributed by atoms with E-state index in [1.165, 1.54) is 6.07 Å². The topological polar surface area (TPSA) is 23.5 Å². The van der Waals surface area contributed by atoms with E-state index in [4.69, 9.17) is 16.7 Å². The molecule has 94 valence electrons. The van der Waals surface area contributed by atoms with Crippen LogP contribution in [0.3, 0.4) is 0 Å². The molecule has 2 nitrogen and oxygen atoms in total. The predicted octanol–water partition coefficient (Wildman–Crippen LogP) is 2.68. The van der Waals surface area contributed by atoms with Gasteiger partial charge in [0, 0.05) is 19.7 Å². The number of aliphatic hydroxyl groups excluding tert-OH is 1. The van der Waals surface area contributed by atoms with E-state index >= 15 is 0 Å². The lowest BCUT2D eigenvalue weighted by molar-refractivity contribution is 0.116. The van der Waals surface area contributed by atoms with E-state index in [1.54, 1.807) is 6.07 Å². The minimum Gasteiger partial charge on any atom is -0.396 e. The third-order valence-electron chi connectivity index (χ3n) is 3.29. The fraction of sp³-hybridized carbons (Fsp3) is 0.538. The average Bonchev–Trinajstić information content (AvgIpc) is 2.35. The molecule has 1 N–H and O–H groups in total. The molecule has 2 rings (SSSR count). The predicted molar refractivity (Wildman–Crippen MR) is 66.5 cm³/mol. The summed E-state index contributed by atoms with van der Waals surface area (Å²) in [6.45, 7) is 2.74. The van der Waals surface area contributed by atoms with E-state index in [2.05, 4.69) is 4.90 Å². The summed E-state index contributed by atoms with van der Waals surface area (Å²) in [4.78, 5) is 2.23. The maximum atomic E-state index is 13.3. The molecule has 0 amide bonds. The summed E-state index contributed by atoms with van der Waals surface area (Å²) in [7, 11) is 0. The number of hydrogen-bond donors (Lipinski definition) is 1. The molecule has 0 aromatic heterocycles. The average molecular weight is 258 g/mol. The maximum absolute atomic E-state index is 13.3. The summed E-state index contributed by atoms with van der Waals surface area (Å²) in [5.41, 5.74) is 0.824. The zero-order valence-corrected chi connectivity index (χ0v) is 10.5. The molecule has 1 aromatic carbocycles. The zero-order chi connectivity index (χ0) is 12.3. The van der Waals surface area contributed by atoms with Gasteiger partial charge in [-0.05, 0) is 36.9 Å². The third kappa shape index (κ3) is 3.18. The fourth-order valence-corrected chi connectivity index (χ4v) is 2.54. The van der Waals surface area contributed by atoms with Crippen molar-refractivity contribution in [2.75, 3.05) is 19.7 Å². The van der Waals surface area contributed by atoms with Crippen molar-refractivity contribution in [2.45, 2.75) is 19.4 Å². The van der Waals surface area contributed by atoms with Crippen molar-refractivity contribution in [2.24, 2.45) is 5.92 Å². The van der Waals surface area contributed by atoms with Crippen molar-refractivity contribution in [3.05, 3.63) is 34.6 Å². The van der Waals surface area contributed by atoms with E-state index in [-0.39, 0.29) is 17.4 Å². The lowest BCUT2D eigenvalue weighted by Crippen LogP contribution is -2.36. The third-order valence-corrected chi connectivity index (χ3v) is 3.71. The first kappa shape index (κ1) is 12.8. The van der Waals surface area contributed by atoms with Crippen LogP contribution in [0.4, 0.5) is 4.39 Å². The summed E-state index contributed by atoms with van der Waals surface area (Å²) in [6, 6.07) is 4.91. The Morgan fingerprint density at radius 1 is 1.47 bits per heavy atom. The van der Waals surface area contributed by atoms with Crippen molar-refractivity contribution >= 4 is 11.6 Å². The van der Waals surface area contributed by atoms with Crippen LogP contribution in [0.1, 0.15) is 18.4 Å². The SMILES string of the molecule is OCC1CCCN(Cc2cccc(F)c2Cl)C1. The Morgan fingerprint density at radius 3 is 3.06 bits per heavy atom. The van der Waals surface area contributed by atoms with E-state index in [0.29, 0.717) is 12.5 Å². The quantitative estimate of drug-likeness (QED) is 0.900. The van der Waals surface area contributed by atoms with Gasteiger partial charge < -0.3 is 5.11 Å². The number of likely N-dealkylation sites (tertiary alicyclic amines) is 1. The number of halogens is 2. The van der Waals surface area contributed by atoms with Crippen LogP contribution in [0.25, 0.3) is 0 Å². The second kappa shape index (κ2) is 5.80. The molecule has 0 spiro atoms. The van der Waals surface area contributed by atoms with Gasteiger partial charge in [-0.1, -0.05) is 23.7 Å². The molecule has 1 aliphatic rings. The first-order valence-corrected chi connectivity index (χ1v) is 6.34. The van der Waals surface area contributed by atoms with E-state index in [0.717, 1.165) is 31.5 Å². The fourth-order valence-electron chi connectivity index (χ4n) is 2.36. The van der Waals surface area contributed by atoms with Crippen LogP contribution in [-0.4, -0.2) is 29.7 Å². The van der Waals surface area contributed by atoms with Crippen molar-refractivity contribution in [3.8, 4) is 0 Å². The molecular weight excluding hydrogens is 241 g/mol. The van der Waals surface area contributed by atoms with Gasteiger partial charge in [0.15, 0.2) is 0 Å². The second-order valence-corrected chi connectivity index (χ2v) is 5.02. The highest BCUT2D eigenvalue weighted by Gasteiger charge is 2.20. The van der Waals surface area contributed by atoms with Gasteiger partial charge in [-0.3, -0.25) is 4.90 Å². The van der Waals surface area contributed by atoms with Gasteiger partial charge in [0.25, 0.3) is 0 Å². The number of piperidine rings is 1. The highest BCUT2D eigenvalue weighted by atomic mass is 35.5. The van der Waals surface area contributed by atoms with Crippen molar-refractivity contribution in [1.29, 1.82) is 0 Å². The standard InChI is InChI=1S/C13H17ClFNO/c14-13-11(4-1-5-12(13)15)8-16-6-2-3-10(7-16)9-17/h1,4-5,10,17H,2-3,6-9H2. The van der Waals surface area contributed by atoms with Crippen LogP contribution in [-0.2, 0) is 6.54 Å². The summed E-state index contributed by atoms with van der Waals surface area (Å²) >= 11 is 5.93. The second-order valence-electron chi connectivity index (χ2n) is 4.64. The minimum atomic E-state index is -0.361. The van der Waals surface area contributed by atoms with Crippen molar-refractivity contribution in [1.82, 2.24) is 4.90 Å². The van der Waals surface area contributed by atoms with Crippen molar-refractivity contribution in [3.63, 3.8) is 0 Å². The van der Waals surface area contributed by atoms with E-state index in [9.17, 15) is 4.39 Å². The molecule has 0 radical (unpaired) electrons. The van der Waals surface area contributed by atoms with Crippen LogP contribution in [0, 0.1) is 11.7 Å². The minimum absolute atomic E-state index is 0.221. The Labute approximate surface area is 106 Å². The Hall–Kier alpha value is -0.640. The molecular formula is C13H17ClFNO. The number of benzene rings is 1. The monoisotopic (exact) mass is 257 g/mol. The Morgan fingerprint density at radius 2 is 2.29 bits per heavy atom. The molecule has 0 saturated carbocycles. The molecule has 1 saturated heterocycles. The smallest absolute Gasteiger partial charge is 0.142 e. The highest BCUT2D eigenvalue weighted by molar-refractivity contribution is 6.31. The molecule has 1 heterocycles. The van der Waals surface area contributed by atoms with Gasteiger partial charge >= 0.3 is 0 Å². The molecule has 1 unspecified atom stereocenters. The molecule has 4 heteroatoms. The molecule has 1 aliphatic heterocycles. The Bertz CT molecular complexity index is 386. The molecule has 1 atom stereocenters. The van der Waals surface area contributed by atoms with Crippen LogP contribution in [0.5, 0.6) is 0 Å². The van der Waals surface area contributed by atoms with Gasteiger partial charge in [-0.25, -0.2) is 4.39 Å². The number of rotatable bonds is 3. The van der Waals surface area contributed by atoms with E-state index in [1.807, 2.05) is 6.07 Å². The van der Waals surface area contributed by atoms with Crippen LogP contribution >= 0.6 is 11.6 Å². The van der Waals surface area contributed by atoms with Gasteiger partial charge in [0.05, 0.1) is 5.02 Å². The number of aliphatic hydroxyl groups is 1. The molecule has 17 heavy (non-hydrogen) atoms. The molecule has 1 aromatic rings. The zero-order valence-electron chi connectivity index (χ0n) is 9.70. The molecule has 0 aliphatic carbocycles. The van der Waals surface area contributed by atoms with E-state index < -0.39 is 0 Å².